The highest BCUT2D eigenvalue weighted by atomic mass is 19.1. The van der Waals surface area contributed by atoms with Gasteiger partial charge in [-0.1, -0.05) is 5.21 Å². The van der Waals surface area contributed by atoms with Crippen molar-refractivity contribution in [1.29, 1.82) is 0 Å². The lowest BCUT2D eigenvalue weighted by Gasteiger charge is -2.37. The number of rotatable bonds is 6. The Balaban J connectivity index is 1.48. The number of methoxy groups -OCH3 is 1. The number of anilines is 2. The van der Waals surface area contributed by atoms with Gasteiger partial charge in [0.15, 0.2) is 17.2 Å². The number of hydrogen-bond acceptors (Lipinski definition) is 7. The van der Waals surface area contributed by atoms with Gasteiger partial charge in [-0.05, 0) is 0 Å². The molecule has 30 heavy (non-hydrogen) atoms. The first kappa shape index (κ1) is 20.1. The lowest BCUT2D eigenvalue weighted by atomic mass is 10.2. The van der Waals surface area contributed by atoms with Crippen LogP contribution >= 0.6 is 0 Å². The van der Waals surface area contributed by atoms with Crippen molar-refractivity contribution in [2.75, 3.05) is 56.3 Å². The van der Waals surface area contributed by atoms with Crippen molar-refractivity contribution in [3.63, 3.8) is 0 Å². The molecule has 0 atom stereocenters. The van der Waals surface area contributed by atoms with Crippen LogP contribution in [0.5, 0.6) is 5.75 Å². The fraction of sp³-hybridized carbons (Fsp3) is 0.421. The van der Waals surface area contributed by atoms with Gasteiger partial charge in [0.25, 0.3) is 5.56 Å². The molecule has 4 rings (SSSR count). The Morgan fingerprint density at radius 3 is 2.40 bits per heavy atom. The van der Waals surface area contributed by atoms with Crippen LogP contribution in [0.4, 0.5) is 20.3 Å². The van der Waals surface area contributed by atoms with E-state index in [4.69, 9.17) is 9.47 Å². The van der Waals surface area contributed by atoms with E-state index in [-0.39, 0.29) is 29.1 Å². The monoisotopic (exact) mass is 420 g/mol. The van der Waals surface area contributed by atoms with E-state index in [9.17, 15) is 13.6 Å². The average molecular weight is 420 g/mol. The minimum Gasteiger partial charge on any atom is -0.491 e. The Morgan fingerprint density at radius 2 is 1.73 bits per heavy atom. The van der Waals surface area contributed by atoms with Crippen molar-refractivity contribution in [2.45, 2.75) is 0 Å². The van der Waals surface area contributed by atoms with Gasteiger partial charge in [0.1, 0.15) is 23.9 Å². The fourth-order valence-corrected chi connectivity index (χ4v) is 3.54. The molecule has 0 spiro atoms. The molecule has 1 saturated heterocycles. The summed E-state index contributed by atoms with van der Waals surface area (Å²) >= 11 is 0. The maximum absolute atomic E-state index is 14.6. The topological polar surface area (TPSA) is 88.5 Å². The van der Waals surface area contributed by atoms with Crippen LogP contribution < -0.4 is 20.1 Å². The molecular formula is C19H22F2N6O3. The minimum atomic E-state index is -0.674. The molecule has 0 radical (unpaired) electrons. The third-order valence-electron chi connectivity index (χ3n) is 5.08. The Bertz CT molecular complexity index is 1080. The van der Waals surface area contributed by atoms with Gasteiger partial charge >= 0.3 is 0 Å². The molecule has 0 saturated carbocycles. The summed E-state index contributed by atoms with van der Waals surface area (Å²) in [5, 5.41) is 7.71. The maximum Gasteiger partial charge on any atom is 0.279 e. The number of pyridine rings is 1. The molecule has 1 aliphatic rings. The van der Waals surface area contributed by atoms with Crippen LogP contribution in [0.2, 0.25) is 0 Å². The van der Waals surface area contributed by atoms with E-state index in [1.807, 2.05) is 4.90 Å². The second-order valence-electron chi connectivity index (χ2n) is 6.98. The first-order chi connectivity index (χ1) is 14.5. The molecule has 3 aromatic rings. The molecule has 0 bridgehead atoms. The van der Waals surface area contributed by atoms with Gasteiger partial charge in [0.2, 0.25) is 0 Å². The fourth-order valence-electron chi connectivity index (χ4n) is 3.54. The van der Waals surface area contributed by atoms with E-state index in [0.717, 1.165) is 0 Å². The normalized spacial score (nSPS) is 14.5. The molecule has 9 nitrogen and oxygen atoms in total. The molecule has 0 aliphatic carbocycles. The SMILES string of the molecule is COCCOc1cc(F)c(N2CCN(c3cc4c(nnn4C)c(=O)[nH]3)CC2)c(F)c1. The zero-order chi connectivity index (χ0) is 21.3. The minimum absolute atomic E-state index is 0.0754. The van der Waals surface area contributed by atoms with E-state index >= 15 is 0 Å². The zero-order valence-electron chi connectivity index (χ0n) is 16.7. The number of aromatic nitrogens is 4. The van der Waals surface area contributed by atoms with Crippen LogP contribution in [0.3, 0.4) is 0 Å². The summed E-state index contributed by atoms with van der Waals surface area (Å²) in [6, 6.07) is 4.17. The Labute approximate surface area is 170 Å². The van der Waals surface area contributed by atoms with Crippen molar-refractivity contribution in [1.82, 2.24) is 20.0 Å². The highest BCUT2D eigenvalue weighted by molar-refractivity contribution is 5.76. The highest BCUT2D eigenvalue weighted by Crippen LogP contribution is 2.29. The number of fused-ring (bicyclic) bond motifs is 1. The third-order valence-corrected chi connectivity index (χ3v) is 5.08. The number of aryl methyl sites for hydroxylation is 1. The van der Waals surface area contributed by atoms with Crippen molar-refractivity contribution >= 4 is 22.5 Å². The second kappa shape index (κ2) is 8.27. The van der Waals surface area contributed by atoms with Crippen molar-refractivity contribution < 1.29 is 18.3 Å². The quantitative estimate of drug-likeness (QED) is 0.601. The van der Waals surface area contributed by atoms with E-state index in [1.54, 1.807) is 18.0 Å². The van der Waals surface area contributed by atoms with Gasteiger partial charge in [-0.25, -0.2) is 13.5 Å². The van der Waals surface area contributed by atoms with E-state index in [0.29, 0.717) is 44.1 Å². The van der Waals surface area contributed by atoms with Crippen LogP contribution in [0.15, 0.2) is 23.0 Å². The third kappa shape index (κ3) is 3.80. The summed E-state index contributed by atoms with van der Waals surface area (Å²) in [7, 11) is 3.24. The summed E-state index contributed by atoms with van der Waals surface area (Å²) in [5.41, 5.74) is 0.502. The van der Waals surface area contributed by atoms with Gasteiger partial charge in [-0.3, -0.25) is 4.79 Å². The summed E-state index contributed by atoms with van der Waals surface area (Å²) in [5.74, 6) is -0.598. The number of halogens is 2. The van der Waals surface area contributed by atoms with Gasteiger partial charge < -0.3 is 24.3 Å². The summed E-state index contributed by atoms with van der Waals surface area (Å²) in [6.07, 6.45) is 0. The first-order valence-corrected chi connectivity index (χ1v) is 9.51. The number of benzene rings is 1. The number of ether oxygens (including phenoxy) is 2. The summed E-state index contributed by atoms with van der Waals surface area (Å²) in [4.78, 5) is 18.6. The Hall–Kier alpha value is -3.21. The lowest BCUT2D eigenvalue weighted by Crippen LogP contribution is -2.47. The van der Waals surface area contributed by atoms with E-state index in [1.165, 1.54) is 23.9 Å². The molecule has 0 unspecified atom stereocenters. The summed E-state index contributed by atoms with van der Waals surface area (Å²) < 4.78 is 40.9. The molecule has 1 aliphatic heterocycles. The molecule has 3 heterocycles. The number of piperazine rings is 1. The molecule has 160 valence electrons. The molecule has 1 N–H and O–H groups in total. The molecule has 0 amide bonds. The lowest BCUT2D eigenvalue weighted by molar-refractivity contribution is 0.146. The smallest absolute Gasteiger partial charge is 0.279 e. The maximum atomic E-state index is 14.6. The standard InChI is InChI=1S/C19H22F2N6O3/c1-25-15-11-16(22-19(28)17(15)23-24-25)26-3-5-27(6-4-26)18-13(20)9-12(10-14(18)21)30-8-7-29-2/h9-11H,3-8H2,1-2H3,(H,22,28). The van der Waals surface area contributed by atoms with Crippen molar-refractivity contribution in [2.24, 2.45) is 7.05 Å². The largest absolute Gasteiger partial charge is 0.491 e. The van der Waals surface area contributed by atoms with Crippen molar-refractivity contribution in [3.05, 3.63) is 40.2 Å². The van der Waals surface area contributed by atoms with Crippen molar-refractivity contribution in [3.8, 4) is 5.75 Å². The van der Waals surface area contributed by atoms with E-state index < -0.39 is 11.6 Å². The van der Waals surface area contributed by atoms with Crippen LogP contribution in [-0.2, 0) is 11.8 Å². The van der Waals surface area contributed by atoms with Gasteiger partial charge in [0, 0.05) is 58.5 Å². The summed E-state index contributed by atoms with van der Waals surface area (Å²) in [6.45, 7) is 2.29. The number of hydrogen-bond donors (Lipinski definition) is 1. The van der Waals surface area contributed by atoms with Gasteiger partial charge in [0.05, 0.1) is 12.1 Å². The predicted octanol–water partition coefficient (Wildman–Crippen LogP) is 1.29. The van der Waals surface area contributed by atoms with Gasteiger partial charge in [-0.2, -0.15) is 0 Å². The zero-order valence-corrected chi connectivity index (χ0v) is 16.7. The highest BCUT2D eigenvalue weighted by Gasteiger charge is 2.24. The van der Waals surface area contributed by atoms with E-state index in [2.05, 4.69) is 15.3 Å². The molecule has 1 aromatic carbocycles. The van der Waals surface area contributed by atoms with Crippen LogP contribution in [0.1, 0.15) is 0 Å². The molecule has 11 heteroatoms. The Kier molecular flexibility index (Phi) is 5.53. The molecule has 2 aromatic heterocycles. The first-order valence-electron chi connectivity index (χ1n) is 9.51. The molecule has 1 fully saturated rings. The van der Waals surface area contributed by atoms with Gasteiger partial charge in [-0.15, -0.1) is 5.10 Å². The van der Waals surface area contributed by atoms with Crippen LogP contribution in [0.25, 0.3) is 11.0 Å². The second-order valence-corrected chi connectivity index (χ2v) is 6.98. The Morgan fingerprint density at radius 1 is 1.07 bits per heavy atom. The number of aromatic amines is 1. The number of nitrogens with one attached hydrogen (secondary N) is 1. The number of nitrogens with zero attached hydrogens (tertiary/aromatic N) is 5. The predicted molar refractivity (Wildman–Crippen MR) is 107 cm³/mol. The molecular weight excluding hydrogens is 398 g/mol. The number of H-pyrrole nitrogens is 1. The van der Waals surface area contributed by atoms with Crippen LogP contribution in [-0.4, -0.2) is 66.5 Å². The average Bonchev–Trinajstić information content (AvgIpc) is 3.10. The van der Waals surface area contributed by atoms with Crippen LogP contribution in [0, 0.1) is 11.6 Å².